The van der Waals surface area contributed by atoms with E-state index in [2.05, 4.69) is 9.76 Å². The number of rotatable bonds is 4. The highest BCUT2D eigenvalue weighted by Crippen LogP contribution is 2.23. The number of benzene rings is 1. The zero-order valence-corrected chi connectivity index (χ0v) is 8.80. The van der Waals surface area contributed by atoms with Crippen LogP contribution in [0.25, 0.3) is 0 Å². The van der Waals surface area contributed by atoms with E-state index in [0.717, 1.165) is 18.8 Å². The van der Waals surface area contributed by atoms with Gasteiger partial charge in [-0.1, -0.05) is 4.53 Å². The van der Waals surface area contributed by atoms with Crippen LogP contribution in [0.5, 0.6) is 5.75 Å². The minimum Gasteiger partial charge on any atom is -0.510 e. The standard InChI is InChI=1S/C10H13BFNO3/c12-16-11(14)15-10-5-3-9(4-6-10)13-7-1-2-8-13/h3-6,14H,1-2,7-8H2. The van der Waals surface area contributed by atoms with E-state index in [0.29, 0.717) is 5.75 Å². The molecule has 0 bridgehead atoms. The van der Waals surface area contributed by atoms with E-state index < -0.39 is 7.32 Å². The van der Waals surface area contributed by atoms with Gasteiger partial charge in [-0.25, -0.2) is 0 Å². The van der Waals surface area contributed by atoms with Crippen LogP contribution in [0, 0.1) is 0 Å². The molecule has 1 aromatic carbocycles. The minimum atomic E-state index is -1.86. The van der Waals surface area contributed by atoms with E-state index in [-0.39, 0.29) is 0 Å². The van der Waals surface area contributed by atoms with Crippen molar-refractivity contribution in [2.45, 2.75) is 12.8 Å². The summed E-state index contributed by atoms with van der Waals surface area (Å²) < 4.78 is 16.2. The molecule has 1 aliphatic rings. The molecule has 0 radical (unpaired) electrons. The van der Waals surface area contributed by atoms with Crippen molar-refractivity contribution in [1.82, 2.24) is 0 Å². The third-order valence-electron chi connectivity index (χ3n) is 2.62. The van der Waals surface area contributed by atoms with E-state index in [1.807, 2.05) is 12.1 Å². The molecule has 1 N–H and O–H groups in total. The van der Waals surface area contributed by atoms with Crippen LogP contribution in [0.3, 0.4) is 0 Å². The minimum absolute atomic E-state index is 0.369. The van der Waals surface area contributed by atoms with Crippen molar-refractivity contribution in [2.24, 2.45) is 0 Å². The first-order chi connectivity index (χ1) is 7.79. The first kappa shape index (κ1) is 11.2. The predicted molar refractivity (Wildman–Crippen MR) is 58.7 cm³/mol. The van der Waals surface area contributed by atoms with Gasteiger partial charge in [0.05, 0.1) is 0 Å². The van der Waals surface area contributed by atoms with Crippen molar-refractivity contribution in [3.05, 3.63) is 24.3 Å². The molecule has 6 heteroatoms. The Bertz CT molecular complexity index is 329. The van der Waals surface area contributed by atoms with Crippen molar-refractivity contribution in [1.29, 1.82) is 0 Å². The van der Waals surface area contributed by atoms with Gasteiger partial charge in [0.1, 0.15) is 5.75 Å². The molecular formula is C10H13BFNO3. The molecule has 0 aliphatic carbocycles. The third kappa shape index (κ3) is 2.65. The molecule has 0 unspecified atom stereocenters. The number of nitrogens with zero attached hydrogens (tertiary/aromatic N) is 1. The molecule has 0 amide bonds. The zero-order chi connectivity index (χ0) is 11.4. The third-order valence-corrected chi connectivity index (χ3v) is 2.62. The fraction of sp³-hybridized carbons (Fsp3) is 0.400. The maximum Gasteiger partial charge on any atom is 0.743 e. The number of hydrogen-bond donors (Lipinski definition) is 1. The van der Waals surface area contributed by atoms with Crippen LogP contribution in [0.15, 0.2) is 24.3 Å². The van der Waals surface area contributed by atoms with Gasteiger partial charge >= 0.3 is 7.32 Å². The van der Waals surface area contributed by atoms with Gasteiger partial charge in [0, 0.05) is 18.8 Å². The Balaban J connectivity index is 1.98. The Morgan fingerprint density at radius 1 is 1.19 bits per heavy atom. The van der Waals surface area contributed by atoms with Gasteiger partial charge in [0.15, 0.2) is 0 Å². The highest BCUT2D eigenvalue weighted by atomic mass is 19.3. The van der Waals surface area contributed by atoms with Gasteiger partial charge < -0.3 is 14.6 Å². The van der Waals surface area contributed by atoms with Gasteiger partial charge in [0.2, 0.25) is 0 Å². The molecular weight excluding hydrogens is 212 g/mol. The second-order valence-corrected chi connectivity index (χ2v) is 3.70. The first-order valence-corrected chi connectivity index (χ1v) is 5.27. The predicted octanol–water partition coefficient (Wildman–Crippen LogP) is 1.54. The lowest BCUT2D eigenvalue weighted by molar-refractivity contribution is -0.0527. The lowest BCUT2D eigenvalue weighted by Crippen LogP contribution is -2.22. The van der Waals surface area contributed by atoms with E-state index >= 15 is 0 Å². The molecule has 0 spiro atoms. The highest BCUT2D eigenvalue weighted by Gasteiger charge is 2.19. The first-order valence-electron chi connectivity index (χ1n) is 5.27. The van der Waals surface area contributed by atoms with Crippen LogP contribution >= 0.6 is 0 Å². The molecule has 0 saturated carbocycles. The van der Waals surface area contributed by atoms with Crippen LogP contribution in [0.2, 0.25) is 0 Å². The van der Waals surface area contributed by atoms with Crippen molar-refractivity contribution in [3.63, 3.8) is 0 Å². The van der Waals surface area contributed by atoms with Gasteiger partial charge in [-0.05, 0) is 37.1 Å². The highest BCUT2D eigenvalue weighted by molar-refractivity contribution is 6.35. The summed E-state index contributed by atoms with van der Waals surface area (Å²) in [5.74, 6) is 0.369. The lowest BCUT2D eigenvalue weighted by atomic mass is 10.2. The summed E-state index contributed by atoms with van der Waals surface area (Å²) >= 11 is 0. The average molecular weight is 225 g/mol. The van der Waals surface area contributed by atoms with Crippen LogP contribution in [-0.4, -0.2) is 25.4 Å². The largest absolute Gasteiger partial charge is 0.743 e. The van der Waals surface area contributed by atoms with Gasteiger partial charge in [-0.2, -0.15) is 4.86 Å². The number of hydrogen-bond acceptors (Lipinski definition) is 4. The second-order valence-electron chi connectivity index (χ2n) is 3.70. The summed E-state index contributed by atoms with van der Waals surface area (Å²) in [6, 6.07) is 7.11. The summed E-state index contributed by atoms with van der Waals surface area (Å²) in [5.41, 5.74) is 1.11. The van der Waals surface area contributed by atoms with E-state index in [1.54, 1.807) is 12.1 Å². The molecule has 1 aromatic rings. The van der Waals surface area contributed by atoms with Gasteiger partial charge in [0.25, 0.3) is 0 Å². The van der Waals surface area contributed by atoms with Gasteiger partial charge in [-0.3, -0.25) is 0 Å². The maximum absolute atomic E-state index is 11.5. The van der Waals surface area contributed by atoms with Crippen molar-refractivity contribution >= 4 is 13.0 Å². The van der Waals surface area contributed by atoms with Gasteiger partial charge in [-0.15, -0.1) is 0 Å². The quantitative estimate of drug-likeness (QED) is 0.789. The Morgan fingerprint density at radius 3 is 2.38 bits per heavy atom. The Morgan fingerprint density at radius 2 is 1.81 bits per heavy atom. The molecule has 86 valence electrons. The Kier molecular flexibility index (Phi) is 3.64. The summed E-state index contributed by atoms with van der Waals surface area (Å²) in [6.07, 6.45) is 2.43. The van der Waals surface area contributed by atoms with Crippen LogP contribution in [0.1, 0.15) is 12.8 Å². The SMILES string of the molecule is OB(OF)Oc1ccc(N2CCCC2)cc1. The fourth-order valence-electron chi connectivity index (χ4n) is 1.85. The van der Waals surface area contributed by atoms with E-state index in [9.17, 15) is 4.53 Å². The van der Waals surface area contributed by atoms with Crippen LogP contribution < -0.4 is 9.55 Å². The lowest BCUT2D eigenvalue weighted by Gasteiger charge is -2.17. The van der Waals surface area contributed by atoms with E-state index in [1.165, 1.54) is 12.8 Å². The maximum atomic E-state index is 11.5. The second kappa shape index (κ2) is 5.18. The van der Waals surface area contributed by atoms with Crippen LogP contribution in [0.4, 0.5) is 10.2 Å². The Labute approximate surface area is 93.7 Å². The number of halogens is 1. The molecule has 1 saturated heterocycles. The normalized spacial score (nSPS) is 15.2. The summed E-state index contributed by atoms with van der Waals surface area (Å²) in [4.78, 5) is 5.38. The van der Waals surface area contributed by atoms with E-state index in [4.69, 9.17) is 9.68 Å². The van der Waals surface area contributed by atoms with Crippen molar-refractivity contribution < 1.29 is 19.1 Å². The zero-order valence-electron chi connectivity index (χ0n) is 8.80. The molecule has 0 aromatic heterocycles. The average Bonchev–Trinajstić information content (AvgIpc) is 2.83. The number of anilines is 1. The molecule has 1 heterocycles. The van der Waals surface area contributed by atoms with Crippen molar-refractivity contribution in [2.75, 3.05) is 18.0 Å². The monoisotopic (exact) mass is 225 g/mol. The Hall–Kier alpha value is -1.27. The summed E-state index contributed by atoms with van der Waals surface area (Å²) in [5, 5.41) is 8.76. The molecule has 2 rings (SSSR count). The van der Waals surface area contributed by atoms with Crippen molar-refractivity contribution in [3.8, 4) is 5.75 Å². The topological polar surface area (TPSA) is 41.9 Å². The smallest absolute Gasteiger partial charge is 0.510 e. The molecule has 1 aliphatic heterocycles. The summed E-state index contributed by atoms with van der Waals surface area (Å²) in [6.45, 7) is 2.13. The fourth-order valence-corrected chi connectivity index (χ4v) is 1.85. The van der Waals surface area contributed by atoms with Crippen LogP contribution in [-0.2, 0) is 4.86 Å². The molecule has 0 atom stereocenters. The molecule has 1 fully saturated rings. The summed E-state index contributed by atoms with van der Waals surface area (Å²) in [7, 11) is -1.86. The molecule has 4 nitrogen and oxygen atoms in total. The molecule has 16 heavy (non-hydrogen) atoms.